The van der Waals surface area contributed by atoms with Gasteiger partial charge in [0.05, 0.1) is 10.0 Å². The number of halogens is 4. The maximum Gasteiger partial charge on any atom is 0.178 e. The number of oxime groups is 1. The Kier molecular flexibility index (Phi) is 3.22. The molecule has 0 saturated carbocycles. The lowest BCUT2D eigenvalue weighted by atomic mass is 10.2. The number of hydrogen-bond donors (Lipinski definition) is 1. The monoisotopic (exact) mass is 269 g/mol. The van der Waals surface area contributed by atoms with Crippen molar-refractivity contribution in [3.63, 3.8) is 0 Å². The van der Waals surface area contributed by atoms with Gasteiger partial charge in [-0.15, -0.1) is 0 Å². The summed E-state index contributed by atoms with van der Waals surface area (Å²) in [5, 5.41) is 10.3. The summed E-state index contributed by atoms with van der Waals surface area (Å²) in [5.74, 6) is -1.45. The van der Waals surface area contributed by atoms with Crippen LogP contribution in [-0.4, -0.2) is 10.4 Å². The van der Waals surface area contributed by atoms with Crippen LogP contribution < -0.4 is 0 Å². The lowest BCUT2D eigenvalue weighted by Crippen LogP contribution is -1.97. The van der Waals surface area contributed by atoms with Gasteiger partial charge in [-0.2, -0.15) is 0 Å². The molecule has 6 heteroatoms. The molecule has 70 valence electrons. The van der Waals surface area contributed by atoms with E-state index in [1.165, 1.54) is 0 Å². The Morgan fingerprint density at radius 1 is 1.38 bits per heavy atom. The van der Waals surface area contributed by atoms with Crippen LogP contribution in [0.25, 0.3) is 0 Å². The van der Waals surface area contributed by atoms with E-state index in [-0.39, 0.29) is 10.0 Å². The predicted molar refractivity (Wildman–Crippen MR) is 48.2 cm³/mol. The second kappa shape index (κ2) is 4.02. The SMILES string of the molecule is O/N=C(\Cl)c1cc(F)c(Br)cc1F. The summed E-state index contributed by atoms with van der Waals surface area (Å²) in [5.41, 5.74) is -0.287. The third kappa shape index (κ3) is 2.16. The molecule has 0 fully saturated rings. The van der Waals surface area contributed by atoms with E-state index in [0.717, 1.165) is 12.1 Å². The molecular formula is C7H3BrClF2NO. The zero-order valence-corrected chi connectivity index (χ0v) is 8.40. The van der Waals surface area contributed by atoms with E-state index < -0.39 is 16.8 Å². The minimum atomic E-state index is -0.768. The molecule has 0 heterocycles. The van der Waals surface area contributed by atoms with E-state index in [1.807, 2.05) is 0 Å². The highest BCUT2D eigenvalue weighted by Crippen LogP contribution is 2.21. The van der Waals surface area contributed by atoms with Crippen molar-refractivity contribution in [1.29, 1.82) is 0 Å². The summed E-state index contributed by atoms with van der Waals surface area (Å²) >= 11 is 8.09. The minimum absolute atomic E-state index is 0.0174. The molecule has 0 bridgehead atoms. The summed E-state index contributed by atoms with van der Waals surface area (Å²) in [6.45, 7) is 0. The summed E-state index contributed by atoms with van der Waals surface area (Å²) in [4.78, 5) is 0. The van der Waals surface area contributed by atoms with Gasteiger partial charge in [-0.1, -0.05) is 16.8 Å². The standard InChI is InChI=1S/C7H3BrClF2NO/c8-4-2-5(10)3(1-6(4)11)7(9)12-13/h1-2,13H/b12-7-. The Hall–Kier alpha value is -0.680. The van der Waals surface area contributed by atoms with E-state index in [2.05, 4.69) is 21.1 Å². The van der Waals surface area contributed by atoms with Gasteiger partial charge in [0.25, 0.3) is 0 Å². The third-order valence-electron chi connectivity index (χ3n) is 1.32. The molecule has 1 aromatic rings. The fourth-order valence-corrected chi connectivity index (χ4v) is 1.19. The maximum atomic E-state index is 13.0. The molecule has 0 unspecified atom stereocenters. The Morgan fingerprint density at radius 3 is 2.54 bits per heavy atom. The highest BCUT2D eigenvalue weighted by Gasteiger charge is 2.12. The molecule has 1 rings (SSSR count). The van der Waals surface area contributed by atoms with Crippen molar-refractivity contribution in [3.8, 4) is 0 Å². The van der Waals surface area contributed by atoms with E-state index >= 15 is 0 Å². The topological polar surface area (TPSA) is 32.6 Å². The van der Waals surface area contributed by atoms with E-state index in [1.54, 1.807) is 0 Å². The summed E-state index contributed by atoms with van der Waals surface area (Å²) < 4.78 is 25.8. The molecule has 0 aliphatic heterocycles. The van der Waals surface area contributed by atoms with Crippen LogP contribution >= 0.6 is 27.5 Å². The molecule has 0 aliphatic carbocycles. The molecule has 0 amide bonds. The lowest BCUT2D eigenvalue weighted by Gasteiger charge is -2.00. The van der Waals surface area contributed by atoms with Crippen LogP contribution in [0.2, 0.25) is 0 Å². The minimum Gasteiger partial charge on any atom is -0.410 e. The van der Waals surface area contributed by atoms with Crippen molar-refractivity contribution < 1.29 is 14.0 Å². The average Bonchev–Trinajstić information content (AvgIpc) is 2.10. The van der Waals surface area contributed by atoms with Crippen molar-refractivity contribution in [2.75, 3.05) is 0 Å². The Labute approximate surface area is 85.9 Å². The van der Waals surface area contributed by atoms with E-state index in [9.17, 15) is 8.78 Å². The Morgan fingerprint density at radius 2 is 2.00 bits per heavy atom. The molecular weight excluding hydrogens is 267 g/mol. The van der Waals surface area contributed by atoms with Gasteiger partial charge >= 0.3 is 0 Å². The van der Waals surface area contributed by atoms with Crippen LogP contribution in [0.3, 0.4) is 0 Å². The first-order valence-corrected chi connectivity index (χ1v) is 4.26. The second-order valence-corrected chi connectivity index (χ2v) is 3.35. The van der Waals surface area contributed by atoms with Crippen molar-refractivity contribution in [2.45, 2.75) is 0 Å². The average molecular weight is 270 g/mol. The summed E-state index contributed by atoms with van der Waals surface area (Å²) in [6, 6.07) is 1.74. The summed E-state index contributed by atoms with van der Waals surface area (Å²) in [7, 11) is 0. The Balaban J connectivity index is 3.32. The van der Waals surface area contributed by atoms with Gasteiger partial charge in [-0.05, 0) is 28.1 Å². The molecule has 0 aromatic heterocycles. The second-order valence-electron chi connectivity index (χ2n) is 2.14. The smallest absolute Gasteiger partial charge is 0.178 e. The highest BCUT2D eigenvalue weighted by molar-refractivity contribution is 9.10. The van der Waals surface area contributed by atoms with Crippen molar-refractivity contribution in [1.82, 2.24) is 0 Å². The quantitative estimate of drug-likeness (QED) is 0.362. The van der Waals surface area contributed by atoms with Gasteiger partial charge in [-0.3, -0.25) is 0 Å². The van der Waals surface area contributed by atoms with E-state index in [4.69, 9.17) is 16.8 Å². The van der Waals surface area contributed by atoms with Crippen LogP contribution in [0.4, 0.5) is 8.78 Å². The number of rotatable bonds is 1. The van der Waals surface area contributed by atoms with Gasteiger partial charge < -0.3 is 5.21 Å². The first-order valence-electron chi connectivity index (χ1n) is 3.08. The molecule has 2 nitrogen and oxygen atoms in total. The van der Waals surface area contributed by atoms with Gasteiger partial charge in [0.1, 0.15) is 11.6 Å². The van der Waals surface area contributed by atoms with Gasteiger partial charge in [-0.25, -0.2) is 8.78 Å². The van der Waals surface area contributed by atoms with Crippen molar-refractivity contribution >= 4 is 32.7 Å². The van der Waals surface area contributed by atoms with Gasteiger partial charge in [0, 0.05) is 0 Å². The molecule has 0 aliphatic rings. The maximum absolute atomic E-state index is 13.0. The van der Waals surface area contributed by atoms with Crippen LogP contribution in [0.5, 0.6) is 0 Å². The fraction of sp³-hybridized carbons (Fsp3) is 0. The predicted octanol–water partition coefficient (Wildman–Crippen LogP) is 3.10. The van der Waals surface area contributed by atoms with Crippen LogP contribution in [0.1, 0.15) is 5.56 Å². The van der Waals surface area contributed by atoms with E-state index in [0.29, 0.717) is 0 Å². The normalized spacial score (nSPS) is 11.8. The van der Waals surface area contributed by atoms with Gasteiger partial charge in [0.15, 0.2) is 5.17 Å². The highest BCUT2D eigenvalue weighted by atomic mass is 79.9. The van der Waals surface area contributed by atoms with Crippen LogP contribution in [0, 0.1) is 11.6 Å². The number of nitrogens with zero attached hydrogens (tertiary/aromatic N) is 1. The summed E-state index contributed by atoms with van der Waals surface area (Å²) in [6.07, 6.45) is 0. The number of hydrogen-bond acceptors (Lipinski definition) is 2. The van der Waals surface area contributed by atoms with Crippen molar-refractivity contribution in [3.05, 3.63) is 33.8 Å². The zero-order chi connectivity index (χ0) is 10.0. The van der Waals surface area contributed by atoms with Gasteiger partial charge in [0.2, 0.25) is 0 Å². The first-order chi connectivity index (χ1) is 6.06. The molecule has 1 aromatic carbocycles. The number of benzene rings is 1. The molecule has 1 N–H and O–H groups in total. The Bertz CT molecular complexity index is 370. The molecule has 0 radical (unpaired) electrons. The van der Waals surface area contributed by atoms with Crippen LogP contribution in [0.15, 0.2) is 21.8 Å². The lowest BCUT2D eigenvalue weighted by molar-refractivity contribution is 0.320. The molecule has 0 saturated heterocycles. The fourth-order valence-electron chi connectivity index (χ4n) is 0.735. The molecule has 0 spiro atoms. The zero-order valence-electron chi connectivity index (χ0n) is 6.06. The third-order valence-corrected chi connectivity index (χ3v) is 2.21. The first kappa shape index (κ1) is 10.4. The van der Waals surface area contributed by atoms with Crippen molar-refractivity contribution in [2.24, 2.45) is 5.16 Å². The largest absolute Gasteiger partial charge is 0.410 e. The van der Waals surface area contributed by atoms with Crippen LogP contribution in [-0.2, 0) is 0 Å². The molecule has 0 atom stereocenters. The molecule has 13 heavy (non-hydrogen) atoms.